The van der Waals surface area contributed by atoms with E-state index in [1.54, 1.807) is 24.5 Å². The van der Waals surface area contributed by atoms with Crippen molar-refractivity contribution in [3.63, 3.8) is 0 Å². The third-order valence-corrected chi connectivity index (χ3v) is 5.77. The van der Waals surface area contributed by atoms with E-state index in [4.69, 9.17) is 5.41 Å². The molecule has 1 unspecified atom stereocenters. The summed E-state index contributed by atoms with van der Waals surface area (Å²) in [6.45, 7) is 5.50. The lowest BCUT2D eigenvalue weighted by Gasteiger charge is -2.12. The number of carbonyl (C=O) groups excluding carboxylic acids is 1. The third-order valence-electron chi connectivity index (χ3n) is 4.12. The molecular weight excluding hydrogens is 424 g/mol. The fraction of sp³-hybridized carbons (Fsp3) is 0.111. The summed E-state index contributed by atoms with van der Waals surface area (Å²) in [5.41, 5.74) is 1.32. The zero-order chi connectivity index (χ0) is 21.3. The largest absolute Gasteiger partial charge is 0.492 e. The molecule has 4 rings (SSSR count). The van der Waals surface area contributed by atoms with Gasteiger partial charge in [0.15, 0.2) is 10.8 Å². The number of hydrogen-bond donors (Lipinski definition) is 4. The molecule has 4 heterocycles. The molecule has 0 aliphatic heterocycles. The minimum absolute atomic E-state index is 0.00129. The van der Waals surface area contributed by atoms with Gasteiger partial charge in [0.05, 0.1) is 6.20 Å². The molecule has 4 N–H and O–H groups in total. The van der Waals surface area contributed by atoms with Crippen molar-refractivity contribution in [2.75, 3.05) is 5.32 Å². The summed E-state index contributed by atoms with van der Waals surface area (Å²) in [5, 5.41) is 25.0. The van der Waals surface area contributed by atoms with E-state index < -0.39 is 0 Å². The lowest BCUT2D eigenvalue weighted by atomic mass is 10.2. The van der Waals surface area contributed by atoms with Gasteiger partial charge in [0.2, 0.25) is 5.88 Å². The molecule has 0 saturated carbocycles. The van der Waals surface area contributed by atoms with Crippen LogP contribution >= 0.6 is 22.9 Å². The average molecular weight is 441 g/mol. The first-order chi connectivity index (χ1) is 14.5. The number of fused-ring (bicyclic) bond motifs is 1. The first-order valence-electron chi connectivity index (χ1n) is 8.70. The van der Waals surface area contributed by atoms with Crippen molar-refractivity contribution in [1.82, 2.24) is 29.2 Å². The van der Waals surface area contributed by atoms with Crippen molar-refractivity contribution in [1.29, 1.82) is 5.41 Å². The number of amidine groups is 1. The smallest absolute Gasteiger partial charge is 0.275 e. The van der Waals surface area contributed by atoms with Gasteiger partial charge in [-0.25, -0.2) is 9.97 Å². The molecule has 10 nitrogen and oxygen atoms in total. The van der Waals surface area contributed by atoms with Crippen molar-refractivity contribution < 1.29 is 9.90 Å². The molecule has 0 aliphatic carbocycles. The number of aromatic nitrogens is 5. The van der Waals surface area contributed by atoms with Crippen molar-refractivity contribution in [3.8, 4) is 5.88 Å². The number of carbonyl (C=O) groups is 1. The van der Waals surface area contributed by atoms with E-state index in [2.05, 4.69) is 36.5 Å². The second-order valence-electron chi connectivity index (χ2n) is 6.16. The highest BCUT2D eigenvalue weighted by molar-refractivity contribution is 7.18. The predicted octanol–water partition coefficient (Wildman–Crippen LogP) is 2.97. The zero-order valence-corrected chi connectivity index (χ0v) is 17.3. The molecule has 0 spiro atoms. The lowest BCUT2D eigenvalue weighted by molar-refractivity contribution is 0.0968. The maximum Gasteiger partial charge on any atom is 0.275 e. The summed E-state index contributed by atoms with van der Waals surface area (Å²) >= 11 is 2.13. The Morgan fingerprint density at radius 2 is 2.17 bits per heavy atom. The Kier molecular flexibility index (Phi) is 5.25. The second-order valence-corrected chi connectivity index (χ2v) is 7.97. The van der Waals surface area contributed by atoms with Crippen molar-refractivity contribution in [2.45, 2.75) is 13.0 Å². The van der Waals surface area contributed by atoms with Crippen molar-refractivity contribution in [2.24, 2.45) is 0 Å². The van der Waals surface area contributed by atoms with E-state index in [0.29, 0.717) is 26.2 Å². The summed E-state index contributed by atoms with van der Waals surface area (Å²) in [6, 6.07) is 1.56. The topological polar surface area (TPSA) is 142 Å². The van der Waals surface area contributed by atoms with Crippen LogP contribution in [0.25, 0.3) is 11.2 Å². The van der Waals surface area contributed by atoms with Crippen LogP contribution in [0.3, 0.4) is 0 Å². The Bertz CT molecular complexity index is 1260. The van der Waals surface area contributed by atoms with E-state index >= 15 is 0 Å². The molecular formula is C18H16N8O2S2. The first-order valence-corrected chi connectivity index (χ1v) is 10.3. The van der Waals surface area contributed by atoms with Gasteiger partial charge in [0.25, 0.3) is 5.91 Å². The maximum absolute atomic E-state index is 12.9. The molecule has 0 aliphatic rings. The lowest BCUT2D eigenvalue weighted by Crippen LogP contribution is -2.31. The van der Waals surface area contributed by atoms with Crippen LogP contribution in [0.4, 0.5) is 10.1 Å². The Labute approximate surface area is 178 Å². The maximum atomic E-state index is 12.9. The highest BCUT2D eigenvalue weighted by Crippen LogP contribution is 2.33. The van der Waals surface area contributed by atoms with Gasteiger partial charge in [-0.2, -0.15) is 4.37 Å². The molecule has 12 heteroatoms. The van der Waals surface area contributed by atoms with Gasteiger partial charge in [0, 0.05) is 24.6 Å². The standard InChI is InChI=1S/C18H16N8O2S2/c1-3-9(2)23-13(19)12-15(27)25-30-16(12)24-18-22-8-11(29-18)17(28)26-7-4-10-14(26)21-6-5-20-10/h3-9H,1H2,2H3,(H2,19,23)(H,22,24)(H,25,27). The zero-order valence-electron chi connectivity index (χ0n) is 15.7. The molecule has 0 aromatic carbocycles. The van der Waals surface area contributed by atoms with Crippen LogP contribution in [-0.2, 0) is 0 Å². The van der Waals surface area contributed by atoms with E-state index in [1.807, 2.05) is 6.92 Å². The fourth-order valence-electron chi connectivity index (χ4n) is 2.62. The molecule has 0 saturated heterocycles. The fourth-order valence-corrected chi connectivity index (χ4v) is 4.14. The SMILES string of the molecule is C=CC(C)NC(=N)c1c(O)nsc1Nc1ncc(C(=O)n2ccc3nccnc32)s1. The van der Waals surface area contributed by atoms with Crippen LogP contribution < -0.4 is 10.6 Å². The number of anilines is 2. The molecule has 0 fully saturated rings. The molecule has 152 valence electrons. The number of thiazole rings is 1. The van der Waals surface area contributed by atoms with Crippen LogP contribution in [0, 0.1) is 5.41 Å². The molecule has 4 aromatic heterocycles. The highest BCUT2D eigenvalue weighted by atomic mass is 32.1. The van der Waals surface area contributed by atoms with Gasteiger partial charge < -0.3 is 15.7 Å². The van der Waals surface area contributed by atoms with Gasteiger partial charge in [-0.15, -0.1) is 6.58 Å². The summed E-state index contributed by atoms with van der Waals surface area (Å²) in [7, 11) is 0. The third kappa shape index (κ3) is 3.65. The van der Waals surface area contributed by atoms with E-state index in [9.17, 15) is 9.90 Å². The number of hydrogen-bond acceptors (Lipinski definition) is 10. The second kappa shape index (κ2) is 8.00. The van der Waals surface area contributed by atoms with E-state index in [1.165, 1.54) is 17.0 Å². The van der Waals surface area contributed by atoms with Gasteiger partial charge in [0.1, 0.15) is 26.8 Å². The van der Waals surface area contributed by atoms with Crippen LogP contribution in [0.5, 0.6) is 5.88 Å². The Morgan fingerprint density at radius 3 is 2.97 bits per heavy atom. The van der Waals surface area contributed by atoms with E-state index in [-0.39, 0.29) is 29.2 Å². The molecule has 4 aromatic rings. The first kappa shape index (κ1) is 19.7. The van der Waals surface area contributed by atoms with Crippen molar-refractivity contribution >= 4 is 55.9 Å². The van der Waals surface area contributed by atoms with Crippen LogP contribution in [-0.4, -0.2) is 46.8 Å². The predicted molar refractivity (Wildman–Crippen MR) is 116 cm³/mol. The molecule has 0 bridgehead atoms. The Balaban J connectivity index is 1.57. The summed E-state index contributed by atoms with van der Waals surface area (Å²) < 4.78 is 5.32. The van der Waals surface area contributed by atoms with Crippen LogP contribution in [0.2, 0.25) is 0 Å². The summed E-state index contributed by atoms with van der Waals surface area (Å²) in [5.74, 6) is -0.541. The molecule has 30 heavy (non-hydrogen) atoms. The van der Waals surface area contributed by atoms with Crippen molar-refractivity contribution in [3.05, 3.63) is 53.9 Å². The van der Waals surface area contributed by atoms with E-state index in [0.717, 1.165) is 22.9 Å². The Hall–Kier alpha value is -3.64. The van der Waals surface area contributed by atoms with Crippen LogP contribution in [0.1, 0.15) is 22.2 Å². The van der Waals surface area contributed by atoms with Gasteiger partial charge >= 0.3 is 0 Å². The molecule has 0 amide bonds. The Morgan fingerprint density at radius 1 is 1.37 bits per heavy atom. The molecule has 1 atom stereocenters. The van der Waals surface area contributed by atoms with Gasteiger partial charge in [-0.3, -0.25) is 19.8 Å². The van der Waals surface area contributed by atoms with Gasteiger partial charge in [-0.1, -0.05) is 17.4 Å². The number of rotatable bonds is 6. The van der Waals surface area contributed by atoms with Gasteiger partial charge in [-0.05, 0) is 24.5 Å². The minimum atomic E-state index is -0.280. The number of nitrogens with zero attached hydrogens (tertiary/aromatic N) is 5. The summed E-state index contributed by atoms with van der Waals surface area (Å²) in [4.78, 5) is 25.9. The normalized spacial score (nSPS) is 11.9. The monoisotopic (exact) mass is 440 g/mol. The number of aromatic hydroxyl groups is 1. The quantitative estimate of drug-likeness (QED) is 0.204. The molecule has 0 radical (unpaired) electrons. The number of nitrogens with one attached hydrogen (secondary N) is 3. The van der Waals surface area contributed by atoms with Crippen LogP contribution in [0.15, 0.2) is 43.5 Å². The average Bonchev–Trinajstić information content (AvgIpc) is 3.46. The highest BCUT2D eigenvalue weighted by Gasteiger charge is 2.21. The minimum Gasteiger partial charge on any atom is -0.492 e. The summed E-state index contributed by atoms with van der Waals surface area (Å²) in [6.07, 6.45) is 7.82.